The first kappa shape index (κ1) is 14.5. The number of hydrogen-bond donors (Lipinski definition) is 1. The van der Waals surface area contributed by atoms with Crippen LogP contribution in [0.5, 0.6) is 0 Å². The second-order valence-electron chi connectivity index (χ2n) is 5.05. The highest BCUT2D eigenvalue weighted by Gasteiger charge is 2.26. The van der Waals surface area contributed by atoms with Crippen LogP contribution in [0.15, 0.2) is 22.7 Å². The van der Waals surface area contributed by atoms with Crippen LogP contribution in [0, 0.1) is 12.8 Å². The molecule has 1 aliphatic rings. The summed E-state index contributed by atoms with van der Waals surface area (Å²) in [6.07, 6.45) is 2.53. The zero-order valence-electron chi connectivity index (χ0n) is 11.4. The van der Waals surface area contributed by atoms with E-state index in [1.165, 1.54) is 12.8 Å². The summed E-state index contributed by atoms with van der Waals surface area (Å²) in [6.45, 7) is 5.16. The Bertz CT molecular complexity index is 457. The number of aryl methyl sites for hydroxylation is 1. The van der Waals surface area contributed by atoms with Crippen LogP contribution in [0.1, 0.15) is 36.9 Å². The highest BCUT2D eigenvalue weighted by Crippen LogP contribution is 2.29. The summed E-state index contributed by atoms with van der Waals surface area (Å²) in [5.41, 5.74) is 2.10. The van der Waals surface area contributed by atoms with Crippen LogP contribution in [0.2, 0.25) is 0 Å². The fourth-order valence-corrected chi connectivity index (χ4v) is 2.26. The average molecular weight is 326 g/mol. The lowest BCUT2D eigenvalue weighted by Crippen LogP contribution is -2.31. The van der Waals surface area contributed by atoms with Crippen LogP contribution >= 0.6 is 15.9 Å². The quantitative estimate of drug-likeness (QED) is 0.815. The summed E-state index contributed by atoms with van der Waals surface area (Å²) >= 11 is 3.48. The number of benzene rings is 1. The minimum Gasteiger partial charge on any atom is -0.465 e. The summed E-state index contributed by atoms with van der Waals surface area (Å²) in [5.74, 6) is 0.540. The third-order valence-corrected chi connectivity index (χ3v) is 4.23. The minimum atomic E-state index is -0.354. The van der Waals surface area contributed by atoms with Gasteiger partial charge in [0.05, 0.1) is 6.61 Å². The molecular weight excluding hydrogens is 306 g/mol. The minimum absolute atomic E-state index is 0.190. The number of carbonyl (C=O) groups excluding carboxylic acids is 1. The SMILES string of the molecule is CCOC(=O)C(NCC1CC1)c1ccc(Br)c(C)c1. The summed E-state index contributed by atoms with van der Waals surface area (Å²) in [5, 5.41) is 3.34. The average Bonchev–Trinajstić information content (AvgIpc) is 3.18. The van der Waals surface area contributed by atoms with E-state index >= 15 is 0 Å². The van der Waals surface area contributed by atoms with Gasteiger partial charge in [-0.25, -0.2) is 4.79 Å². The van der Waals surface area contributed by atoms with Gasteiger partial charge >= 0.3 is 5.97 Å². The second kappa shape index (κ2) is 6.53. The van der Waals surface area contributed by atoms with Gasteiger partial charge in [0.25, 0.3) is 0 Å². The van der Waals surface area contributed by atoms with Crippen LogP contribution in [-0.2, 0) is 9.53 Å². The summed E-state index contributed by atoms with van der Waals surface area (Å²) in [7, 11) is 0. The van der Waals surface area contributed by atoms with Crippen LogP contribution in [0.3, 0.4) is 0 Å². The molecule has 0 aromatic heterocycles. The van der Waals surface area contributed by atoms with E-state index in [9.17, 15) is 4.79 Å². The van der Waals surface area contributed by atoms with Gasteiger partial charge in [-0.2, -0.15) is 0 Å². The predicted molar refractivity (Wildman–Crippen MR) is 79.0 cm³/mol. The van der Waals surface area contributed by atoms with Crippen LogP contribution in [0.4, 0.5) is 0 Å². The first-order valence-corrected chi connectivity index (χ1v) is 7.57. The Hall–Kier alpha value is -0.870. The molecule has 1 fully saturated rings. The third-order valence-electron chi connectivity index (χ3n) is 3.35. The van der Waals surface area contributed by atoms with Crippen molar-refractivity contribution in [2.24, 2.45) is 5.92 Å². The summed E-state index contributed by atoms with van der Waals surface area (Å²) in [4.78, 5) is 12.1. The standard InChI is InChI=1S/C15H20BrNO2/c1-3-19-15(18)14(17-9-11-4-5-11)12-6-7-13(16)10(2)8-12/h6-8,11,14,17H,3-5,9H2,1-2H3. The molecule has 0 bridgehead atoms. The molecule has 104 valence electrons. The Kier molecular flexibility index (Phi) is 4.99. The van der Waals surface area contributed by atoms with Gasteiger partial charge in [-0.15, -0.1) is 0 Å². The van der Waals surface area contributed by atoms with Crippen molar-refractivity contribution in [3.63, 3.8) is 0 Å². The van der Waals surface area contributed by atoms with Crippen molar-refractivity contribution in [1.29, 1.82) is 0 Å². The van der Waals surface area contributed by atoms with E-state index in [1.54, 1.807) is 0 Å². The molecule has 1 aliphatic carbocycles. The molecule has 3 nitrogen and oxygen atoms in total. The predicted octanol–water partition coefficient (Wildman–Crippen LogP) is 3.36. The van der Waals surface area contributed by atoms with Gasteiger partial charge in [-0.3, -0.25) is 0 Å². The van der Waals surface area contributed by atoms with Crippen molar-refractivity contribution in [3.8, 4) is 0 Å². The summed E-state index contributed by atoms with van der Waals surface area (Å²) in [6, 6.07) is 5.63. The molecule has 0 heterocycles. The van der Waals surface area contributed by atoms with Crippen LogP contribution in [0.25, 0.3) is 0 Å². The van der Waals surface area contributed by atoms with E-state index in [-0.39, 0.29) is 12.0 Å². The molecule has 1 aromatic carbocycles. The fourth-order valence-electron chi connectivity index (χ4n) is 2.02. The first-order valence-electron chi connectivity index (χ1n) is 6.78. The zero-order chi connectivity index (χ0) is 13.8. The number of nitrogens with one attached hydrogen (secondary N) is 1. The lowest BCUT2D eigenvalue weighted by atomic mass is 10.0. The van der Waals surface area contributed by atoms with E-state index in [2.05, 4.69) is 21.2 Å². The topological polar surface area (TPSA) is 38.3 Å². The van der Waals surface area contributed by atoms with E-state index < -0.39 is 0 Å². The molecule has 4 heteroatoms. The van der Waals surface area contributed by atoms with E-state index in [0.29, 0.717) is 6.61 Å². The lowest BCUT2D eigenvalue weighted by molar-refractivity contribution is -0.145. The molecule has 2 rings (SSSR count). The first-order chi connectivity index (χ1) is 9.11. The van der Waals surface area contributed by atoms with Crippen molar-refractivity contribution in [2.75, 3.05) is 13.2 Å². The van der Waals surface area contributed by atoms with Crippen molar-refractivity contribution in [3.05, 3.63) is 33.8 Å². The molecule has 1 unspecified atom stereocenters. The molecule has 1 N–H and O–H groups in total. The largest absolute Gasteiger partial charge is 0.465 e. The van der Waals surface area contributed by atoms with Gasteiger partial charge in [-0.1, -0.05) is 28.1 Å². The van der Waals surface area contributed by atoms with Crippen molar-refractivity contribution < 1.29 is 9.53 Å². The Morgan fingerprint density at radius 3 is 2.84 bits per heavy atom. The number of halogens is 1. The van der Waals surface area contributed by atoms with Crippen molar-refractivity contribution >= 4 is 21.9 Å². The molecular formula is C15H20BrNO2. The molecule has 1 atom stereocenters. The normalized spacial score (nSPS) is 16.2. The van der Waals surface area contributed by atoms with E-state index in [0.717, 1.165) is 28.1 Å². The van der Waals surface area contributed by atoms with Gasteiger partial charge in [0.1, 0.15) is 6.04 Å². The Morgan fingerprint density at radius 2 is 2.26 bits per heavy atom. The maximum absolute atomic E-state index is 12.1. The Balaban J connectivity index is 2.13. The number of ether oxygens (including phenoxy) is 1. The fraction of sp³-hybridized carbons (Fsp3) is 0.533. The molecule has 0 aliphatic heterocycles. The van der Waals surface area contributed by atoms with E-state index in [4.69, 9.17) is 4.74 Å². The third kappa shape index (κ3) is 4.05. The Labute approximate surface area is 122 Å². The monoisotopic (exact) mass is 325 g/mol. The number of esters is 1. The highest BCUT2D eigenvalue weighted by molar-refractivity contribution is 9.10. The number of rotatable bonds is 6. The van der Waals surface area contributed by atoms with Gasteiger partial charge in [0, 0.05) is 4.47 Å². The molecule has 0 radical (unpaired) electrons. The summed E-state index contributed by atoms with van der Waals surface area (Å²) < 4.78 is 6.22. The smallest absolute Gasteiger partial charge is 0.327 e. The molecule has 0 spiro atoms. The van der Waals surface area contributed by atoms with Crippen molar-refractivity contribution in [2.45, 2.75) is 32.7 Å². The van der Waals surface area contributed by atoms with Gasteiger partial charge < -0.3 is 10.1 Å². The zero-order valence-corrected chi connectivity index (χ0v) is 13.0. The molecule has 1 aromatic rings. The number of hydrogen-bond acceptors (Lipinski definition) is 3. The maximum atomic E-state index is 12.1. The Morgan fingerprint density at radius 1 is 1.53 bits per heavy atom. The molecule has 0 saturated heterocycles. The van der Waals surface area contributed by atoms with E-state index in [1.807, 2.05) is 32.0 Å². The molecule has 19 heavy (non-hydrogen) atoms. The van der Waals surface area contributed by atoms with Crippen LogP contribution in [-0.4, -0.2) is 19.1 Å². The molecule has 1 saturated carbocycles. The highest BCUT2D eigenvalue weighted by atomic mass is 79.9. The number of carbonyl (C=O) groups is 1. The van der Waals surface area contributed by atoms with Crippen LogP contribution < -0.4 is 5.32 Å². The lowest BCUT2D eigenvalue weighted by Gasteiger charge is -2.18. The second-order valence-corrected chi connectivity index (χ2v) is 5.90. The molecule has 0 amide bonds. The van der Waals surface area contributed by atoms with Gasteiger partial charge in [0.2, 0.25) is 0 Å². The van der Waals surface area contributed by atoms with Gasteiger partial charge in [0.15, 0.2) is 0 Å². The van der Waals surface area contributed by atoms with Crippen molar-refractivity contribution in [1.82, 2.24) is 5.32 Å². The van der Waals surface area contributed by atoms with Gasteiger partial charge in [-0.05, 0) is 56.3 Å². The maximum Gasteiger partial charge on any atom is 0.327 e.